The predicted molar refractivity (Wildman–Crippen MR) is 192 cm³/mol. The van der Waals surface area contributed by atoms with E-state index in [1.807, 2.05) is 24.0 Å². The number of nitrogens with one attached hydrogen (secondary N) is 1. The molecule has 1 amide bonds. The van der Waals surface area contributed by atoms with Crippen LogP contribution in [0.3, 0.4) is 0 Å². The Morgan fingerprint density at radius 3 is 2.45 bits per heavy atom. The maximum atomic E-state index is 14.0. The molecule has 5 heterocycles. The molecule has 1 aliphatic carbocycles. The number of hydrogen-bond acceptors (Lipinski definition) is 8. The van der Waals surface area contributed by atoms with Gasteiger partial charge in [-0.1, -0.05) is 19.6 Å². The highest BCUT2D eigenvalue weighted by molar-refractivity contribution is 6.06. The number of ether oxygens (including phenoxy) is 1. The van der Waals surface area contributed by atoms with Crippen molar-refractivity contribution in [2.75, 3.05) is 76.3 Å². The van der Waals surface area contributed by atoms with E-state index in [0.717, 1.165) is 78.7 Å². The fourth-order valence-corrected chi connectivity index (χ4v) is 8.78. The summed E-state index contributed by atoms with van der Waals surface area (Å²) in [5.41, 5.74) is 4.64. The molecule has 51 heavy (non-hydrogen) atoms. The van der Waals surface area contributed by atoms with Crippen LogP contribution in [0.4, 0.5) is 24.9 Å². The lowest BCUT2D eigenvalue weighted by molar-refractivity contribution is -0.153. The largest absolute Gasteiger partial charge is 0.481 e. The number of hydrogen-bond donors (Lipinski definition) is 1. The molecule has 3 saturated heterocycles. The number of alkyl halides is 3. The van der Waals surface area contributed by atoms with Crippen molar-refractivity contribution in [3.63, 3.8) is 0 Å². The molecule has 1 N–H and O–H groups in total. The summed E-state index contributed by atoms with van der Waals surface area (Å²) in [5.74, 6) is 1.52. The maximum absolute atomic E-state index is 14.0. The van der Waals surface area contributed by atoms with E-state index >= 15 is 0 Å². The van der Waals surface area contributed by atoms with Crippen molar-refractivity contribution in [3.8, 4) is 16.9 Å². The Labute approximate surface area is 295 Å². The Morgan fingerprint density at radius 2 is 1.80 bits per heavy atom. The average molecular weight is 703 g/mol. The minimum absolute atomic E-state index is 0.0309. The van der Waals surface area contributed by atoms with Gasteiger partial charge in [0, 0.05) is 73.0 Å². The molecule has 0 atom stereocenters. The number of carbonyl (C=O) groups is 1. The Kier molecular flexibility index (Phi) is 8.00. The summed E-state index contributed by atoms with van der Waals surface area (Å²) >= 11 is 0. The zero-order chi connectivity index (χ0) is 35.9. The molecule has 0 bridgehead atoms. The van der Waals surface area contributed by atoms with Gasteiger partial charge in [-0.15, -0.1) is 0 Å². The number of benzene rings is 2. The van der Waals surface area contributed by atoms with Gasteiger partial charge in [0.25, 0.3) is 0 Å². The lowest BCUT2D eigenvalue weighted by Gasteiger charge is -2.54. The van der Waals surface area contributed by atoms with Crippen molar-refractivity contribution < 1.29 is 22.7 Å². The van der Waals surface area contributed by atoms with Gasteiger partial charge in [-0.3, -0.25) is 9.89 Å². The lowest BCUT2D eigenvalue weighted by Crippen LogP contribution is -2.61. The number of fused-ring (bicyclic) bond motifs is 2. The highest BCUT2D eigenvalue weighted by atomic mass is 19.4. The summed E-state index contributed by atoms with van der Waals surface area (Å²) < 4.78 is 48.1. The summed E-state index contributed by atoms with van der Waals surface area (Å²) in [6, 6.07) is 6.05. The van der Waals surface area contributed by atoms with Crippen LogP contribution in [-0.2, 0) is 4.79 Å². The molecule has 270 valence electrons. The van der Waals surface area contributed by atoms with Crippen molar-refractivity contribution in [3.05, 3.63) is 48.2 Å². The van der Waals surface area contributed by atoms with Crippen LogP contribution in [0.5, 0.6) is 5.75 Å². The number of aryl methyl sites for hydroxylation is 1. The molecular formula is C38H45F3N8O2. The second-order valence-electron chi connectivity index (χ2n) is 16.0. The van der Waals surface area contributed by atoms with E-state index in [1.165, 1.54) is 6.08 Å². The van der Waals surface area contributed by atoms with Crippen LogP contribution in [0, 0.1) is 17.8 Å². The fourth-order valence-electron chi connectivity index (χ4n) is 8.78. The van der Waals surface area contributed by atoms with Gasteiger partial charge in [-0.2, -0.15) is 23.3 Å². The van der Waals surface area contributed by atoms with Gasteiger partial charge in [-0.05, 0) is 87.5 Å². The number of carbonyl (C=O) groups excluding carboxylic acids is 1. The maximum Gasteiger partial charge on any atom is 0.422 e. The molecule has 4 fully saturated rings. The number of aromatic nitrogens is 4. The smallest absolute Gasteiger partial charge is 0.422 e. The Morgan fingerprint density at radius 1 is 1.08 bits per heavy atom. The van der Waals surface area contributed by atoms with Crippen LogP contribution in [0.15, 0.2) is 37.1 Å². The number of amides is 1. The third-order valence-corrected chi connectivity index (χ3v) is 11.2. The summed E-state index contributed by atoms with van der Waals surface area (Å²) in [4.78, 5) is 31.0. The first kappa shape index (κ1) is 33.7. The first-order chi connectivity index (χ1) is 24.3. The topological polar surface area (TPSA) is 93.7 Å². The van der Waals surface area contributed by atoms with Gasteiger partial charge in [0.1, 0.15) is 11.3 Å². The zero-order valence-corrected chi connectivity index (χ0v) is 29.7. The number of piperidine rings is 1. The zero-order valence-electron chi connectivity index (χ0n) is 29.7. The van der Waals surface area contributed by atoms with Crippen LogP contribution < -0.4 is 14.5 Å². The quantitative estimate of drug-likeness (QED) is 0.203. The first-order valence-electron chi connectivity index (χ1n) is 17.8. The lowest BCUT2D eigenvalue weighted by atomic mass is 9.72. The number of likely N-dealkylation sites (tertiary alicyclic amines) is 1. The van der Waals surface area contributed by atoms with Crippen LogP contribution in [0.1, 0.15) is 49.7 Å². The van der Waals surface area contributed by atoms with Crippen LogP contribution in [0.2, 0.25) is 0 Å². The SMILES string of the molecule is C=CC(=O)N1CC2(CCN(c3nc(N4CC(C)(CN(C)C)C4)nc4c(OCC(F)(F)F)c(-c5c(C)ccc6[nH]ncc56)c(C5CC5)cc34)CC2)C1. The number of nitrogens with zero attached hydrogens (tertiary/aromatic N) is 7. The van der Waals surface area contributed by atoms with Crippen molar-refractivity contribution in [2.24, 2.45) is 10.8 Å². The van der Waals surface area contributed by atoms with Gasteiger partial charge < -0.3 is 24.3 Å². The van der Waals surface area contributed by atoms with Crippen molar-refractivity contribution in [1.29, 1.82) is 0 Å². The summed E-state index contributed by atoms with van der Waals surface area (Å²) in [6.45, 7) is 11.6. The minimum Gasteiger partial charge on any atom is -0.481 e. The Bertz CT molecular complexity index is 2020. The highest BCUT2D eigenvalue weighted by Crippen LogP contribution is 2.53. The van der Waals surface area contributed by atoms with Gasteiger partial charge >= 0.3 is 6.18 Å². The molecule has 4 aliphatic rings. The number of H-pyrrole nitrogens is 1. The van der Waals surface area contributed by atoms with Gasteiger partial charge in [0.2, 0.25) is 11.9 Å². The van der Waals surface area contributed by atoms with Gasteiger partial charge in [0.15, 0.2) is 12.4 Å². The number of rotatable bonds is 9. The van der Waals surface area contributed by atoms with Gasteiger partial charge in [0.05, 0.1) is 11.7 Å². The number of aromatic amines is 1. The fraction of sp³-hybridized carbons (Fsp3) is 0.526. The third kappa shape index (κ3) is 6.17. The second-order valence-corrected chi connectivity index (χ2v) is 16.0. The predicted octanol–water partition coefficient (Wildman–Crippen LogP) is 6.30. The number of anilines is 2. The third-order valence-electron chi connectivity index (χ3n) is 11.2. The van der Waals surface area contributed by atoms with E-state index in [-0.39, 0.29) is 28.4 Å². The first-order valence-corrected chi connectivity index (χ1v) is 17.8. The minimum atomic E-state index is -4.55. The molecule has 3 aliphatic heterocycles. The van der Waals surface area contributed by atoms with Crippen molar-refractivity contribution >= 4 is 39.5 Å². The highest BCUT2D eigenvalue weighted by Gasteiger charge is 2.47. The average Bonchev–Trinajstić information content (AvgIpc) is 3.79. The molecule has 8 rings (SSSR count). The molecule has 4 aromatic rings. The molecule has 1 spiro atoms. The molecule has 1 saturated carbocycles. The summed E-state index contributed by atoms with van der Waals surface area (Å²) in [5, 5.41) is 8.86. The molecular weight excluding hydrogens is 657 g/mol. The second kappa shape index (κ2) is 12.1. The van der Waals surface area contributed by atoms with Crippen molar-refractivity contribution in [2.45, 2.75) is 51.6 Å². The van der Waals surface area contributed by atoms with E-state index in [9.17, 15) is 18.0 Å². The molecule has 2 aromatic carbocycles. The summed E-state index contributed by atoms with van der Waals surface area (Å²) in [7, 11) is 4.12. The van der Waals surface area contributed by atoms with Crippen LogP contribution >= 0.6 is 0 Å². The number of halogens is 3. The molecule has 0 unspecified atom stereocenters. The van der Waals surface area contributed by atoms with Gasteiger partial charge in [-0.25, -0.2) is 4.98 Å². The molecule has 13 heteroatoms. The Hall–Kier alpha value is -4.39. The monoisotopic (exact) mass is 702 g/mol. The van der Waals surface area contributed by atoms with E-state index < -0.39 is 12.8 Å². The van der Waals surface area contributed by atoms with Crippen molar-refractivity contribution in [1.82, 2.24) is 30.0 Å². The molecule has 0 radical (unpaired) electrons. The van der Waals surface area contributed by atoms with E-state index in [2.05, 4.69) is 58.6 Å². The molecule has 2 aromatic heterocycles. The summed E-state index contributed by atoms with van der Waals surface area (Å²) in [6.07, 6.45) is 2.20. The molecule has 10 nitrogen and oxygen atoms in total. The van der Waals surface area contributed by atoms with E-state index in [4.69, 9.17) is 14.7 Å². The Balaban J connectivity index is 1.29. The van der Waals surface area contributed by atoms with E-state index in [0.29, 0.717) is 48.6 Å². The van der Waals surface area contributed by atoms with Crippen LogP contribution in [0.25, 0.3) is 32.9 Å². The standard InChI is InChI=1S/C38H45F3N8O2/c1-6-29(50)48-20-37(21-48)11-13-47(14-12-37)34-26-15-25(24-8-9-24)31(30-23(2)7-10-28-27(30)16-42-45-28)33(51-22-38(39,40)41)32(26)43-35(44-34)49-18-36(3,19-49)17-46(4)5/h6-7,10,15-16,24H,1,8-9,11-14,17-22H2,2-5H3,(H,42,45). The van der Waals surface area contributed by atoms with Crippen LogP contribution in [-0.4, -0.2) is 109 Å². The van der Waals surface area contributed by atoms with E-state index in [1.54, 1.807) is 6.20 Å². The normalized spacial score (nSPS) is 19.9.